The topological polar surface area (TPSA) is 79.8 Å². The fourth-order valence-electron chi connectivity index (χ4n) is 5.83. The predicted molar refractivity (Wildman–Crippen MR) is 144 cm³/mol. The number of fused-ring (bicyclic) bond motifs is 1. The number of amides is 1. The Morgan fingerprint density at radius 1 is 1.13 bits per heavy atom. The highest BCUT2D eigenvalue weighted by molar-refractivity contribution is 6.35. The SMILES string of the molecule is O=C(C=Cc1cc(F)cc(F)c1)N1CCC(C(O)CN2CCC(c3c[nH]c4c(Cl)cccc34)C(O)C2)CC1. The molecule has 0 bridgehead atoms. The van der Waals surface area contributed by atoms with Crippen molar-refractivity contribution < 1.29 is 23.8 Å². The molecule has 1 amide bonds. The second-order valence-corrected chi connectivity index (χ2v) is 10.8. The molecule has 3 N–H and O–H groups in total. The smallest absolute Gasteiger partial charge is 0.246 e. The van der Waals surface area contributed by atoms with Crippen LogP contribution in [-0.4, -0.2) is 75.8 Å². The van der Waals surface area contributed by atoms with Crippen molar-refractivity contribution in [3.8, 4) is 0 Å². The van der Waals surface area contributed by atoms with E-state index in [-0.39, 0.29) is 17.7 Å². The van der Waals surface area contributed by atoms with Gasteiger partial charge in [-0.3, -0.25) is 9.69 Å². The first-order valence-electron chi connectivity index (χ1n) is 13.1. The van der Waals surface area contributed by atoms with Gasteiger partial charge in [0, 0.05) is 55.8 Å². The lowest BCUT2D eigenvalue weighted by Crippen LogP contribution is -2.48. The lowest BCUT2D eigenvalue weighted by atomic mass is 9.86. The molecule has 2 aliphatic heterocycles. The number of nitrogens with zero attached hydrogens (tertiary/aromatic N) is 2. The summed E-state index contributed by atoms with van der Waals surface area (Å²) in [6.07, 6.45) is 5.71. The number of β-amino-alcohol motifs (C(OH)–C–C–N with tert-alkyl or cyclic N) is 2. The number of hydrogen-bond donors (Lipinski definition) is 3. The summed E-state index contributed by atoms with van der Waals surface area (Å²) in [5, 5.41) is 23.6. The van der Waals surface area contributed by atoms with Gasteiger partial charge in [0.25, 0.3) is 0 Å². The zero-order chi connectivity index (χ0) is 26.8. The number of aromatic amines is 1. The maximum absolute atomic E-state index is 13.4. The lowest BCUT2D eigenvalue weighted by Gasteiger charge is -2.39. The number of nitrogens with one attached hydrogen (secondary N) is 1. The summed E-state index contributed by atoms with van der Waals surface area (Å²) in [6, 6.07) is 8.91. The van der Waals surface area contributed by atoms with E-state index in [2.05, 4.69) is 9.88 Å². The van der Waals surface area contributed by atoms with Gasteiger partial charge in [-0.1, -0.05) is 23.7 Å². The van der Waals surface area contributed by atoms with Crippen LogP contribution in [0.4, 0.5) is 8.78 Å². The molecule has 2 saturated heterocycles. The Kier molecular flexibility index (Phi) is 8.14. The van der Waals surface area contributed by atoms with Crippen molar-refractivity contribution in [3.63, 3.8) is 0 Å². The van der Waals surface area contributed by atoms with Crippen LogP contribution >= 0.6 is 11.6 Å². The number of aliphatic hydroxyl groups is 2. The van der Waals surface area contributed by atoms with E-state index in [1.165, 1.54) is 24.3 Å². The third kappa shape index (κ3) is 5.94. The number of aliphatic hydroxyl groups excluding tert-OH is 2. The van der Waals surface area contributed by atoms with E-state index in [4.69, 9.17) is 11.6 Å². The fraction of sp³-hybridized carbons (Fsp3) is 0.414. The number of benzene rings is 2. The first kappa shape index (κ1) is 26.8. The quantitative estimate of drug-likeness (QED) is 0.398. The number of hydrogen-bond acceptors (Lipinski definition) is 4. The Bertz CT molecular complexity index is 1300. The van der Waals surface area contributed by atoms with Gasteiger partial charge in [-0.15, -0.1) is 0 Å². The Morgan fingerprint density at radius 3 is 2.58 bits per heavy atom. The number of halogens is 3. The highest BCUT2D eigenvalue weighted by Crippen LogP contribution is 2.36. The monoisotopic (exact) mass is 543 g/mol. The molecule has 9 heteroatoms. The minimum absolute atomic E-state index is 0.00165. The third-order valence-corrected chi connectivity index (χ3v) is 8.22. The van der Waals surface area contributed by atoms with Gasteiger partial charge in [0.15, 0.2) is 0 Å². The van der Waals surface area contributed by atoms with Crippen molar-refractivity contribution >= 4 is 34.5 Å². The molecule has 3 unspecified atom stereocenters. The van der Waals surface area contributed by atoms with E-state index in [0.29, 0.717) is 49.6 Å². The third-order valence-electron chi connectivity index (χ3n) is 7.91. The molecular formula is C29H32ClF2N3O3. The maximum atomic E-state index is 13.4. The predicted octanol–water partition coefficient (Wildman–Crippen LogP) is 4.56. The number of aromatic nitrogens is 1. The standard InChI is InChI=1S/C29H32ClF2N3O3/c30-25-3-1-2-23-24(15-33-29(23)25)22-8-9-34(17-27(22)37)16-26(36)19-6-10-35(11-7-19)28(38)5-4-18-12-20(31)14-21(32)13-18/h1-5,12-15,19,22,26-27,33,36-37H,6-11,16-17H2. The van der Waals surface area contributed by atoms with E-state index in [1.807, 2.05) is 24.4 Å². The summed E-state index contributed by atoms with van der Waals surface area (Å²) >= 11 is 6.30. The molecular weight excluding hydrogens is 512 g/mol. The Hall–Kier alpha value is -2.78. The summed E-state index contributed by atoms with van der Waals surface area (Å²) in [5.41, 5.74) is 2.25. The molecule has 0 radical (unpaired) electrons. The molecule has 0 spiro atoms. The van der Waals surface area contributed by atoms with E-state index in [0.717, 1.165) is 35.5 Å². The van der Waals surface area contributed by atoms with Crippen molar-refractivity contribution in [3.05, 3.63) is 76.5 Å². The normalized spacial score (nSPS) is 22.4. The van der Waals surface area contributed by atoms with Gasteiger partial charge in [0.2, 0.25) is 5.91 Å². The van der Waals surface area contributed by atoms with Crippen molar-refractivity contribution in [1.82, 2.24) is 14.8 Å². The molecule has 202 valence electrons. The molecule has 5 rings (SSSR count). The lowest BCUT2D eigenvalue weighted by molar-refractivity contribution is -0.128. The van der Waals surface area contributed by atoms with Gasteiger partial charge in [0.05, 0.1) is 22.7 Å². The van der Waals surface area contributed by atoms with Crippen LogP contribution in [0.3, 0.4) is 0 Å². The van der Waals surface area contributed by atoms with Crippen molar-refractivity contribution in [2.24, 2.45) is 5.92 Å². The first-order chi connectivity index (χ1) is 18.3. The van der Waals surface area contributed by atoms with Gasteiger partial charge in [-0.05, 0) is 67.1 Å². The summed E-state index contributed by atoms with van der Waals surface area (Å²) in [6.45, 7) is 2.76. The minimum Gasteiger partial charge on any atom is -0.392 e. The number of H-pyrrole nitrogens is 1. The van der Waals surface area contributed by atoms with E-state index in [1.54, 1.807) is 4.90 Å². The van der Waals surface area contributed by atoms with Gasteiger partial charge in [0.1, 0.15) is 11.6 Å². The van der Waals surface area contributed by atoms with E-state index >= 15 is 0 Å². The van der Waals surface area contributed by atoms with Gasteiger partial charge < -0.3 is 20.1 Å². The van der Waals surface area contributed by atoms with Gasteiger partial charge >= 0.3 is 0 Å². The van der Waals surface area contributed by atoms with Crippen LogP contribution in [0.5, 0.6) is 0 Å². The average Bonchev–Trinajstić information content (AvgIpc) is 3.32. The Labute approximate surface area is 225 Å². The van der Waals surface area contributed by atoms with E-state index < -0.39 is 23.8 Å². The highest BCUT2D eigenvalue weighted by atomic mass is 35.5. The fourth-order valence-corrected chi connectivity index (χ4v) is 6.06. The molecule has 1 aromatic heterocycles. The molecule has 0 aliphatic carbocycles. The summed E-state index contributed by atoms with van der Waals surface area (Å²) in [5.74, 6) is -1.53. The molecule has 0 saturated carbocycles. The van der Waals surface area contributed by atoms with E-state index in [9.17, 15) is 23.8 Å². The number of rotatable bonds is 6. The zero-order valence-corrected chi connectivity index (χ0v) is 21.7. The van der Waals surface area contributed by atoms with Crippen molar-refractivity contribution in [2.45, 2.75) is 37.4 Å². The second-order valence-electron chi connectivity index (χ2n) is 10.4. The highest BCUT2D eigenvalue weighted by Gasteiger charge is 2.33. The Balaban J connectivity index is 1.10. The van der Waals surface area contributed by atoms with Crippen LogP contribution in [0.25, 0.3) is 17.0 Å². The largest absolute Gasteiger partial charge is 0.392 e. The van der Waals surface area contributed by atoms with Crippen LogP contribution in [0.15, 0.2) is 48.7 Å². The number of piperidine rings is 2. The molecule has 3 heterocycles. The minimum atomic E-state index is -0.688. The van der Waals surface area contributed by atoms with Crippen LogP contribution < -0.4 is 0 Å². The average molecular weight is 544 g/mol. The summed E-state index contributed by atoms with van der Waals surface area (Å²) in [7, 11) is 0. The number of para-hydroxylation sites is 1. The Morgan fingerprint density at radius 2 is 1.87 bits per heavy atom. The van der Waals surface area contributed by atoms with Crippen LogP contribution in [-0.2, 0) is 4.79 Å². The zero-order valence-electron chi connectivity index (χ0n) is 21.0. The summed E-state index contributed by atoms with van der Waals surface area (Å²) in [4.78, 5) is 19.6. The molecule has 2 aliphatic rings. The number of carbonyl (C=O) groups is 1. The molecule has 3 atom stereocenters. The molecule has 2 aromatic carbocycles. The van der Waals surface area contributed by atoms with Crippen molar-refractivity contribution in [2.75, 3.05) is 32.7 Å². The number of carbonyl (C=O) groups excluding carboxylic acids is 1. The van der Waals surface area contributed by atoms with Crippen LogP contribution in [0, 0.1) is 17.6 Å². The van der Waals surface area contributed by atoms with Gasteiger partial charge in [-0.25, -0.2) is 8.78 Å². The maximum Gasteiger partial charge on any atom is 0.246 e. The molecule has 6 nitrogen and oxygen atoms in total. The van der Waals surface area contributed by atoms with Crippen LogP contribution in [0.1, 0.15) is 36.3 Å². The van der Waals surface area contributed by atoms with Crippen molar-refractivity contribution in [1.29, 1.82) is 0 Å². The first-order valence-corrected chi connectivity index (χ1v) is 13.4. The number of likely N-dealkylation sites (tertiary alicyclic amines) is 2. The van der Waals surface area contributed by atoms with Crippen LogP contribution in [0.2, 0.25) is 5.02 Å². The molecule has 38 heavy (non-hydrogen) atoms. The summed E-state index contributed by atoms with van der Waals surface area (Å²) < 4.78 is 26.7. The molecule has 2 fully saturated rings. The molecule has 3 aromatic rings. The van der Waals surface area contributed by atoms with Gasteiger partial charge in [-0.2, -0.15) is 0 Å². The second kappa shape index (κ2) is 11.5.